The minimum atomic E-state index is -0.247. The molecule has 0 spiro atoms. The lowest BCUT2D eigenvalue weighted by atomic mass is 10.00. The number of fused-ring (bicyclic) bond motifs is 1. The topological polar surface area (TPSA) is 62.2 Å². The molecule has 0 fully saturated rings. The van der Waals surface area contributed by atoms with Gasteiger partial charge in [-0.3, -0.25) is 4.99 Å². The third-order valence-corrected chi connectivity index (χ3v) is 8.07. The summed E-state index contributed by atoms with van der Waals surface area (Å²) in [6.45, 7) is 8.20. The highest BCUT2D eigenvalue weighted by Crippen LogP contribution is 2.32. The molecule has 0 radical (unpaired) electrons. The van der Waals surface area contributed by atoms with Crippen molar-refractivity contribution < 1.29 is 4.42 Å². The van der Waals surface area contributed by atoms with Crippen LogP contribution in [0.25, 0.3) is 45.3 Å². The van der Waals surface area contributed by atoms with Gasteiger partial charge in [0.25, 0.3) is 0 Å². The number of hydrogen-bond donors (Lipinski definition) is 1. The van der Waals surface area contributed by atoms with Crippen LogP contribution in [0.5, 0.6) is 0 Å². The van der Waals surface area contributed by atoms with Crippen LogP contribution < -0.4 is 0 Å². The van der Waals surface area contributed by atoms with Crippen LogP contribution in [0, 0.1) is 5.41 Å². The van der Waals surface area contributed by atoms with Crippen molar-refractivity contribution in [1.82, 2.24) is 4.98 Å². The maximum Gasteiger partial charge on any atom is 0.227 e. The molecular weight excluding hydrogens is 599 g/mol. The van der Waals surface area contributed by atoms with Crippen molar-refractivity contribution in [2.45, 2.75) is 12.5 Å². The van der Waals surface area contributed by atoms with E-state index in [1.807, 2.05) is 146 Å². The zero-order valence-corrected chi connectivity index (χ0v) is 27.2. The highest BCUT2D eigenvalue weighted by Gasteiger charge is 2.13. The number of aliphatic imine (C=N–C) groups is 1. The summed E-state index contributed by atoms with van der Waals surface area (Å²) < 4.78 is 6.11. The van der Waals surface area contributed by atoms with E-state index in [2.05, 4.69) is 43.5 Å². The first kappa shape index (κ1) is 32.5. The maximum atomic E-state index is 8.90. The van der Waals surface area contributed by atoms with Crippen LogP contribution in [0.3, 0.4) is 0 Å². The molecule has 0 bridgehead atoms. The van der Waals surface area contributed by atoms with E-state index in [9.17, 15) is 0 Å². The molecule has 0 aliphatic rings. The van der Waals surface area contributed by atoms with Gasteiger partial charge in [-0.1, -0.05) is 159 Å². The SMILES string of the molecule is C=C/C(=C\C=C\C(CC(=N)C(=C)/C=C\c1cccc(-c2cccc3oc(-c4ccccc4)nc23)c1)N=Cc1ccccc1)c1ccccc1. The maximum absolute atomic E-state index is 8.90. The molecule has 4 nitrogen and oxygen atoms in total. The highest BCUT2D eigenvalue weighted by atomic mass is 16.3. The number of nitrogens with zero attached hydrogens (tertiary/aromatic N) is 2. The minimum Gasteiger partial charge on any atom is -0.436 e. The largest absolute Gasteiger partial charge is 0.436 e. The second-order valence-corrected chi connectivity index (χ2v) is 11.5. The lowest BCUT2D eigenvalue weighted by Crippen LogP contribution is -2.10. The fourth-order valence-electron chi connectivity index (χ4n) is 5.42. The van der Waals surface area contributed by atoms with E-state index in [1.54, 1.807) is 0 Å². The highest BCUT2D eigenvalue weighted by molar-refractivity contribution is 6.01. The van der Waals surface area contributed by atoms with E-state index in [4.69, 9.17) is 19.8 Å². The first-order chi connectivity index (χ1) is 24.1. The smallest absolute Gasteiger partial charge is 0.227 e. The minimum absolute atomic E-state index is 0.247. The van der Waals surface area contributed by atoms with E-state index < -0.39 is 0 Å². The third kappa shape index (κ3) is 8.51. The van der Waals surface area contributed by atoms with Crippen LogP contribution in [-0.2, 0) is 0 Å². The van der Waals surface area contributed by atoms with Gasteiger partial charge < -0.3 is 9.83 Å². The quantitative estimate of drug-likeness (QED) is 0.101. The Kier molecular flexibility index (Phi) is 10.6. The average Bonchev–Trinajstić information content (AvgIpc) is 3.61. The van der Waals surface area contributed by atoms with E-state index >= 15 is 0 Å². The molecule has 1 atom stereocenters. The molecule has 0 aliphatic carbocycles. The first-order valence-electron chi connectivity index (χ1n) is 16.2. The van der Waals surface area contributed by atoms with Gasteiger partial charge in [-0.25, -0.2) is 4.98 Å². The monoisotopic (exact) mass is 635 g/mol. The Hall–Kier alpha value is -6.39. The van der Waals surface area contributed by atoms with Crippen LogP contribution >= 0.6 is 0 Å². The number of allylic oxidation sites excluding steroid dienone is 6. The van der Waals surface area contributed by atoms with Crippen LogP contribution in [-0.4, -0.2) is 23.0 Å². The summed E-state index contributed by atoms with van der Waals surface area (Å²) in [5.41, 5.74) is 9.71. The molecular formula is C45H37N3O. The Labute approximate surface area is 288 Å². The number of aromatic nitrogens is 1. The molecule has 49 heavy (non-hydrogen) atoms. The summed E-state index contributed by atoms with van der Waals surface area (Å²) in [6.07, 6.45) is 14.1. The van der Waals surface area contributed by atoms with Gasteiger partial charge in [-0.15, -0.1) is 0 Å². The molecule has 0 saturated heterocycles. The number of oxazole rings is 1. The molecule has 6 aromatic rings. The van der Waals surface area contributed by atoms with Crippen molar-refractivity contribution >= 4 is 34.7 Å². The van der Waals surface area contributed by atoms with Crippen molar-refractivity contribution in [2.24, 2.45) is 4.99 Å². The number of rotatable bonds is 13. The van der Waals surface area contributed by atoms with Crippen molar-refractivity contribution in [2.75, 3.05) is 0 Å². The molecule has 1 unspecified atom stereocenters. The van der Waals surface area contributed by atoms with Crippen molar-refractivity contribution in [1.29, 1.82) is 5.41 Å². The standard InChI is InChI=1S/C45H37N3O/c1-3-36(37-19-9-5-10-20-37)23-14-25-40(47-32-35-16-7-4-8-17-35)31-42(46)33(2)28-29-34-18-13-24-39(30-34)41-26-15-27-43-44(41)48-45(49-43)38-21-11-6-12-22-38/h3-30,32,40,46H,1-2,31H2/b25-14+,29-28-,36-23+,46-42?,47-32?. The molecule has 1 heterocycles. The Morgan fingerprint density at radius 3 is 2.22 bits per heavy atom. The number of hydrogen-bond acceptors (Lipinski definition) is 4. The van der Waals surface area contributed by atoms with Gasteiger partial charge in [0.15, 0.2) is 5.58 Å². The number of nitrogens with one attached hydrogen (secondary N) is 1. The second-order valence-electron chi connectivity index (χ2n) is 11.5. The lowest BCUT2D eigenvalue weighted by molar-refractivity contribution is 0.620. The van der Waals surface area contributed by atoms with Crippen molar-refractivity contribution in [3.05, 3.63) is 199 Å². The van der Waals surface area contributed by atoms with Gasteiger partial charge in [-0.05, 0) is 57.7 Å². The van der Waals surface area contributed by atoms with Gasteiger partial charge in [-0.2, -0.15) is 0 Å². The van der Waals surface area contributed by atoms with E-state index in [0.717, 1.165) is 50.1 Å². The first-order valence-corrected chi connectivity index (χ1v) is 16.2. The van der Waals surface area contributed by atoms with E-state index in [0.29, 0.717) is 23.6 Å². The summed E-state index contributed by atoms with van der Waals surface area (Å²) in [4.78, 5) is 9.68. The number of benzene rings is 5. The molecule has 0 aliphatic heterocycles. The zero-order valence-electron chi connectivity index (χ0n) is 27.2. The third-order valence-electron chi connectivity index (χ3n) is 8.07. The Morgan fingerprint density at radius 1 is 0.796 bits per heavy atom. The summed E-state index contributed by atoms with van der Waals surface area (Å²) in [5.74, 6) is 0.600. The Balaban J connectivity index is 1.18. The average molecular weight is 636 g/mol. The summed E-state index contributed by atoms with van der Waals surface area (Å²) in [5, 5.41) is 8.90. The molecule has 0 saturated carbocycles. The van der Waals surface area contributed by atoms with Crippen LogP contribution in [0.15, 0.2) is 192 Å². The van der Waals surface area contributed by atoms with Crippen LogP contribution in [0.1, 0.15) is 23.1 Å². The Morgan fingerprint density at radius 2 is 1.47 bits per heavy atom. The van der Waals surface area contributed by atoms with Gasteiger partial charge in [0, 0.05) is 29.5 Å². The normalized spacial score (nSPS) is 12.6. The summed E-state index contributed by atoms with van der Waals surface area (Å²) in [7, 11) is 0. The lowest BCUT2D eigenvalue weighted by Gasteiger charge is -2.10. The van der Waals surface area contributed by atoms with Gasteiger partial charge in [0.05, 0.1) is 6.04 Å². The molecule has 238 valence electrons. The van der Waals surface area contributed by atoms with Gasteiger partial charge in [0.1, 0.15) is 5.52 Å². The predicted molar refractivity (Wildman–Crippen MR) is 207 cm³/mol. The number of para-hydroxylation sites is 1. The molecule has 1 N–H and O–H groups in total. The Bertz CT molecular complexity index is 2190. The van der Waals surface area contributed by atoms with E-state index in [-0.39, 0.29) is 6.04 Å². The zero-order chi connectivity index (χ0) is 33.8. The predicted octanol–water partition coefficient (Wildman–Crippen LogP) is 11.5. The second kappa shape index (κ2) is 15.9. The summed E-state index contributed by atoms with van der Waals surface area (Å²) in [6, 6.07) is 44.1. The van der Waals surface area contributed by atoms with E-state index in [1.165, 1.54) is 0 Å². The molecule has 5 aromatic carbocycles. The van der Waals surface area contributed by atoms with Crippen LogP contribution in [0.2, 0.25) is 0 Å². The van der Waals surface area contributed by atoms with Crippen molar-refractivity contribution in [3.8, 4) is 22.6 Å². The molecule has 4 heteroatoms. The van der Waals surface area contributed by atoms with Gasteiger partial charge in [0.2, 0.25) is 5.89 Å². The fraction of sp³-hybridized carbons (Fsp3) is 0.0444. The molecule has 1 aromatic heterocycles. The molecule has 6 rings (SSSR count). The molecule has 0 amide bonds. The fourth-order valence-corrected chi connectivity index (χ4v) is 5.42. The summed E-state index contributed by atoms with van der Waals surface area (Å²) >= 11 is 0. The van der Waals surface area contributed by atoms with Gasteiger partial charge >= 0.3 is 0 Å². The van der Waals surface area contributed by atoms with Crippen molar-refractivity contribution in [3.63, 3.8) is 0 Å². The van der Waals surface area contributed by atoms with Crippen LogP contribution in [0.4, 0.5) is 0 Å².